The van der Waals surface area contributed by atoms with Crippen molar-refractivity contribution in [3.63, 3.8) is 0 Å². The quantitative estimate of drug-likeness (QED) is 0.228. The molecular formula is C30H29ClN4O4. The van der Waals surface area contributed by atoms with Gasteiger partial charge in [0.15, 0.2) is 0 Å². The SMILES string of the molecule is COc1ccccc1C(=O)Nc1ccc(O)c(-c2cc(C3CCCC3)n(C(=O)NCc3ccccc3Cl)n2)c1. The van der Waals surface area contributed by atoms with Gasteiger partial charge in [0, 0.05) is 28.7 Å². The van der Waals surface area contributed by atoms with E-state index in [9.17, 15) is 14.7 Å². The van der Waals surface area contributed by atoms with Crippen molar-refractivity contribution in [2.24, 2.45) is 0 Å². The number of hydrogen-bond acceptors (Lipinski definition) is 5. The van der Waals surface area contributed by atoms with E-state index in [4.69, 9.17) is 16.3 Å². The number of para-hydroxylation sites is 1. The zero-order chi connectivity index (χ0) is 27.4. The number of anilines is 1. The van der Waals surface area contributed by atoms with Gasteiger partial charge in [-0.25, -0.2) is 4.79 Å². The van der Waals surface area contributed by atoms with E-state index in [-0.39, 0.29) is 30.2 Å². The summed E-state index contributed by atoms with van der Waals surface area (Å²) in [5.74, 6) is 0.286. The molecule has 1 heterocycles. The number of rotatable bonds is 7. The fourth-order valence-corrected chi connectivity index (χ4v) is 5.14. The van der Waals surface area contributed by atoms with Crippen molar-refractivity contribution in [3.05, 3.63) is 94.6 Å². The highest BCUT2D eigenvalue weighted by Gasteiger charge is 2.26. The Kier molecular flexibility index (Phi) is 7.84. The van der Waals surface area contributed by atoms with Crippen LogP contribution in [-0.2, 0) is 6.54 Å². The first kappa shape index (κ1) is 26.3. The molecule has 0 saturated heterocycles. The largest absolute Gasteiger partial charge is 0.507 e. The maximum Gasteiger partial charge on any atom is 0.342 e. The standard InChI is InChI=1S/C30H29ClN4O4/c1-39-28-13-7-5-11-22(28)29(37)33-21-14-15-27(36)23(16-21)25-17-26(19-8-2-3-9-19)35(34-25)30(38)32-18-20-10-4-6-12-24(20)31/h4-7,10-17,19,36H,2-3,8-9,18H2,1H3,(H,32,38)(H,33,37). The van der Waals surface area contributed by atoms with Gasteiger partial charge in [0.2, 0.25) is 0 Å². The summed E-state index contributed by atoms with van der Waals surface area (Å²) >= 11 is 6.26. The topological polar surface area (TPSA) is 105 Å². The number of carbonyl (C=O) groups is 2. The molecule has 5 rings (SSSR count). The number of halogens is 1. The van der Waals surface area contributed by atoms with Crippen LogP contribution in [0.5, 0.6) is 11.5 Å². The molecule has 0 spiro atoms. The summed E-state index contributed by atoms with van der Waals surface area (Å²) < 4.78 is 6.69. The lowest BCUT2D eigenvalue weighted by Crippen LogP contribution is -2.30. The number of ether oxygens (including phenoxy) is 1. The lowest BCUT2D eigenvalue weighted by Gasteiger charge is -2.12. The fourth-order valence-electron chi connectivity index (χ4n) is 4.94. The Morgan fingerprint density at radius 1 is 1.05 bits per heavy atom. The van der Waals surface area contributed by atoms with Crippen LogP contribution in [-0.4, -0.2) is 33.9 Å². The van der Waals surface area contributed by atoms with Crippen LogP contribution < -0.4 is 15.4 Å². The molecule has 0 unspecified atom stereocenters. The Labute approximate surface area is 231 Å². The summed E-state index contributed by atoms with van der Waals surface area (Å²) in [4.78, 5) is 26.2. The molecule has 1 fully saturated rings. The van der Waals surface area contributed by atoms with Crippen LogP contribution in [0.2, 0.25) is 5.02 Å². The number of aromatic nitrogens is 2. The molecule has 2 amide bonds. The van der Waals surface area contributed by atoms with E-state index < -0.39 is 0 Å². The van der Waals surface area contributed by atoms with E-state index in [0.717, 1.165) is 36.9 Å². The zero-order valence-electron chi connectivity index (χ0n) is 21.5. The van der Waals surface area contributed by atoms with Gasteiger partial charge in [-0.3, -0.25) is 4.79 Å². The van der Waals surface area contributed by atoms with Crippen molar-refractivity contribution < 1.29 is 19.4 Å². The second kappa shape index (κ2) is 11.6. The number of nitrogens with one attached hydrogen (secondary N) is 2. The third-order valence-electron chi connectivity index (χ3n) is 6.97. The molecular weight excluding hydrogens is 516 g/mol. The van der Waals surface area contributed by atoms with Gasteiger partial charge >= 0.3 is 6.03 Å². The zero-order valence-corrected chi connectivity index (χ0v) is 22.2. The molecule has 39 heavy (non-hydrogen) atoms. The van der Waals surface area contributed by atoms with E-state index in [1.54, 1.807) is 42.5 Å². The van der Waals surface area contributed by atoms with E-state index >= 15 is 0 Å². The van der Waals surface area contributed by atoms with Gasteiger partial charge in [0.05, 0.1) is 24.1 Å². The van der Waals surface area contributed by atoms with Crippen molar-refractivity contribution in [1.82, 2.24) is 15.1 Å². The monoisotopic (exact) mass is 544 g/mol. The first-order valence-electron chi connectivity index (χ1n) is 12.8. The molecule has 1 aromatic heterocycles. The summed E-state index contributed by atoms with van der Waals surface area (Å²) in [6, 6.07) is 20.5. The third kappa shape index (κ3) is 5.76. The van der Waals surface area contributed by atoms with Crippen molar-refractivity contribution in [2.75, 3.05) is 12.4 Å². The predicted molar refractivity (Wildman–Crippen MR) is 151 cm³/mol. The second-order valence-electron chi connectivity index (χ2n) is 9.48. The van der Waals surface area contributed by atoms with E-state index in [1.807, 2.05) is 24.3 Å². The van der Waals surface area contributed by atoms with Gasteiger partial charge < -0.3 is 20.5 Å². The van der Waals surface area contributed by atoms with Gasteiger partial charge in [-0.1, -0.05) is 54.8 Å². The lowest BCUT2D eigenvalue weighted by atomic mass is 10.0. The first-order valence-corrected chi connectivity index (χ1v) is 13.2. The molecule has 0 bridgehead atoms. The normalized spacial score (nSPS) is 13.3. The molecule has 0 atom stereocenters. The Hall–Kier alpha value is -4.30. The highest BCUT2D eigenvalue weighted by Crippen LogP contribution is 2.38. The van der Waals surface area contributed by atoms with Gasteiger partial charge in [-0.15, -0.1) is 0 Å². The van der Waals surface area contributed by atoms with Crippen LogP contribution in [0.15, 0.2) is 72.8 Å². The van der Waals surface area contributed by atoms with Gasteiger partial charge in [-0.2, -0.15) is 9.78 Å². The van der Waals surface area contributed by atoms with E-state index in [0.29, 0.717) is 33.3 Å². The molecule has 9 heteroatoms. The minimum absolute atomic E-state index is 0.00983. The van der Waals surface area contributed by atoms with E-state index in [1.165, 1.54) is 17.9 Å². The van der Waals surface area contributed by atoms with Crippen molar-refractivity contribution in [2.45, 2.75) is 38.1 Å². The lowest BCUT2D eigenvalue weighted by molar-refractivity contribution is 0.102. The fraction of sp³-hybridized carbons (Fsp3) is 0.233. The minimum Gasteiger partial charge on any atom is -0.507 e. The summed E-state index contributed by atoms with van der Waals surface area (Å²) in [5.41, 5.74) is 3.30. The molecule has 200 valence electrons. The van der Waals surface area contributed by atoms with Crippen molar-refractivity contribution >= 4 is 29.2 Å². The average molecular weight is 545 g/mol. The van der Waals surface area contributed by atoms with Gasteiger partial charge in [0.25, 0.3) is 5.91 Å². The van der Waals surface area contributed by atoms with Crippen LogP contribution >= 0.6 is 11.6 Å². The van der Waals surface area contributed by atoms with Crippen molar-refractivity contribution in [1.29, 1.82) is 0 Å². The first-order chi connectivity index (χ1) is 18.9. The van der Waals surface area contributed by atoms with Crippen LogP contribution in [0.3, 0.4) is 0 Å². The van der Waals surface area contributed by atoms with Crippen LogP contribution in [0.4, 0.5) is 10.5 Å². The second-order valence-corrected chi connectivity index (χ2v) is 9.89. The molecule has 1 aliphatic carbocycles. The number of carbonyl (C=O) groups excluding carboxylic acids is 2. The molecule has 3 aromatic carbocycles. The smallest absolute Gasteiger partial charge is 0.342 e. The Morgan fingerprint density at radius 2 is 1.79 bits per heavy atom. The number of hydrogen-bond donors (Lipinski definition) is 3. The number of phenols is 1. The number of amides is 2. The van der Waals surface area contributed by atoms with Crippen LogP contribution in [0.1, 0.15) is 53.2 Å². The molecule has 3 N–H and O–H groups in total. The number of phenolic OH excluding ortho intramolecular Hbond substituents is 1. The van der Waals surface area contributed by atoms with Gasteiger partial charge in [-0.05, 0) is 60.9 Å². The van der Waals surface area contributed by atoms with Gasteiger partial charge in [0.1, 0.15) is 11.5 Å². The molecule has 8 nitrogen and oxygen atoms in total. The highest BCUT2D eigenvalue weighted by atomic mass is 35.5. The Morgan fingerprint density at radius 3 is 2.56 bits per heavy atom. The number of aromatic hydroxyl groups is 1. The molecule has 0 aliphatic heterocycles. The summed E-state index contributed by atoms with van der Waals surface area (Å²) in [7, 11) is 1.51. The predicted octanol–water partition coefficient (Wildman–Crippen LogP) is 6.59. The minimum atomic E-state index is -0.372. The Bertz CT molecular complexity index is 1510. The van der Waals surface area contributed by atoms with Crippen molar-refractivity contribution in [3.8, 4) is 22.8 Å². The summed E-state index contributed by atoms with van der Waals surface area (Å²) in [5, 5.41) is 21.7. The van der Waals surface area contributed by atoms with Crippen LogP contribution in [0.25, 0.3) is 11.3 Å². The average Bonchev–Trinajstić information content (AvgIpc) is 3.64. The number of benzene rings is 3. The maximum absolute atomic E-state index is 13.3. The Balaban J connectivity index is 1.43. The molecule has 1 saturated carbocycles. The van der Waals surface area contributed by atoms with Crippen LogP contribution in [0, 0.1) is 0 Å². The maximum atomic E-state index is 13.3. The summed E-state index contributed by atoms with van der Waals surface area (Å²) in [6.07, 6.45) is 4.10. The molecule has 4 aromatic rings. The highest BCUT2D eigenvalue weighted by molar-refractivity contribution is 6.31. The summed E-state index contributed by atoms with van der Waals surface area (Å²) in [6.45, 7) is 0.257. The molecule has 1 aliphatic rings. The molecule has 0 radical (unpaired) electrons. The van der Waals surface area contributed by atoms with E-state index in [2.05, 4.69) is 15.7 Å². The number of methoxy groups -OCH3 is 1. The number of nitrogens with zero attached hydrogens (tertiary/aromatic N) is 2. The third-order valence-corrected chi connectivity index (χ3v) is 7.34.